The quantitative estimate of drug-likeness (QED) is 0.377. The van der Waals surface area contributed by atoms with Gasteiger partial charge in [-0.1, -0.05) is 24.3 Å². The average Bonchev–Trinajstić information content (AvgIpc) is 2.84. The maximum atomic E-state index is 11.0. The third kappa shape index (κ3) is 4.57. The normalized spacial score (nSPS) is 16.3. The van der Waals surface area contributed by atoms with Crippen LogP contribution in [-0.2, 0) is 16.5 Å². The summed E-state index contributed by atoms with van der Waals surface area (Å²) in [5.41, 5.74) is 18.6. The second kappa shape index (κ2) is 9.36. The number of hydrogen-bond acceptors (Lipinski definition) is 8. The molecule has 8 nitrogen and oxygen atoms in total. The molecule has 0 saturated carbocycles. The predicted octanol–water partition coefficient (Wildman–Crippen LogP) is 2.98. The van der Waals surface area contributed by atoms with E-state index in [0.29, 0.717) is 17.1 Å². The summed E-state index contributed by atoms with van der Waals surface area (Å²) in [4.78, 5) is 16.2. The zero-order valence-electron chi connectivity index (χ0n) is 18.6. The summed E-state index contributed by atoms with van der Waals surface area (Å²) in [5.74, 6) is 0.0231. The minimum atomic E-state index is -2.46. The van der Waals surface area contributed by atoms with Gasteiger partial charge in [0.1, 0.15) is 16.4 Å². The van der Waals surface area contributed by atoms with Gasteiger partial charge in [0, 0.05) is 42.0 Å². The number of fused-ring (bicyclic) bond motifs is 1. The Balaban J connectivity index is 1.54. The fourth-order valence-corrected chi connectivity index (χ4v) is 4.94. The average molecular weight is 475 g/mol. The van der Waals surface area contributed by atoms with Crippen LogP contribution in [0.2, 0.25) is 0 Å². The van der Waals surface area contributed by atoms with Crippen molar-refractivity contribution in [3.63, 3.8) is 0 Å². The molecule has 1 fully saturated rings. The van der Waals surface area contributed by atoms with E-state index in [0.717, 1.165) is 59.3 Å². The summed E-state index contributed by atoms with van der Waals surface area (Å²) in [7, 11) is -2.46. The number of nitrogen functional groups attached to an aromatic ring is 1. The van der Waals surface area contributed by atoms with Crippen molar-refractivity contribution in [2.24, 2.45) is 5.73 Å². The lowest BCUT2D eigenvalue weighted by molar-refractivity contribution is 0.507. The molecule has 0 spiro atoms. The molecule has 1 atom stereocenters. The maximum absolute atomic E-state index is 11.0. The molecule has 4 heterocycles. The lowest BCUT2D eigenvalue weighted by Crippen LogP contribution is -2.42. The van der Waals surface area contributed by atoms with E-state index in [1.165, 1.54) is 0 Å². The van der Waals surface area contributed by atoms with Crippen LogP contribution in [0.5, 0.6) is 0 Å². The fourth-order valence-electron chi connectivity index (χ4n) is 4.43. The molecular weight excluding hydrogens is 448 g/mol. The van der Waals surface area contributed by atoms with Crippen LogP contribution in [0.25, 0.3) is 33.5 Å². The highest BCUT2D eigenvalue weighted by molar-refractivity contribution is 7.71. The Morgan fingerprint density at radius 1 is 1.03 bits per heavy atom. The molecule has 1 aromatic carbocycles. The zero-order valence-corrected chi connectivity index (χ0v) is 19.5. The molecule has 4 aromatic rings. The Morgan fingerprint density at radius 2 is 1.85 bits per heavy atom. The van der Waals surface area contributed by atoms with Gasteiger partial charge in [0.25, 0.3) is 0 Å². The summed E-state index contributed by atoms with van der Waals surface area (Å²) in [6.07, 6.45) is 5.66. The number of pyridine rings is 3. The standard InChI is InChI=1S/C25H26N6O2S/c26-18-2-1-11-31(14-18)24-9-10-28-23-13-29-22(12-19(23)24)25-20(27)7-8-21(30-25)17-5-3-16(4-6-17)15-34(32)33/h3-10,12-13,18,34H,1-2,11,14-15,26-27H2/t18-/m0/s1. The summed E-state index contributed by atoms with van der Waals surface area (Å²) in [6, 6.07) is 15.2. The molecule has 174 valence electrons. The first-order valence-corrected chi connectivity index (χ1v) is 12.6. The van der Waals surface area contributed by atoms with Crippen LogP contribution in [0.3, 0.4) is 0 Å². The Kier molecular flexibility index (Phi) is 6.12. The van der Waals surface area contributed by atoms with Crippen LogP contribution in [0.1, 0.15) is 18.4 Å². The van der Waals surface area contributed by atoms with E-state index in [1.54, 1.807) is 24.5 Å². The van der Waals surface area contributed by atoms with Crippen molar-refractivity contribution in [3.8, 4) is 22.6 Å². The second-order valence-electron chi connectivity index (χ2n) is 8.59. The minimum absolute atomic E-state index is 0.0231. The number of aromatic nitrogens is 3. The summed E-state index contributed by atoms with van der Waals surface area (Å²) >= 11 is 0. The molecule has 0 amide bonds. The number of hydrogen-bond donors (Lipinski definition) is 3. The minimum Gasteiger partial charge on any atom is -0.397 e. The number of nitrogens with zero attached hydrogens (tertiary/aromatic N) is 4. The molecule has 1 saturated heterocycles. The Hall–Kier alpha value is -3.56. The van der Waals surface area contributed by atoms with Gasteiger partial charge in [0.05, 0.1) is 34.5 Å². The highest BCUT2D eigenvalue weighted by Gasteiger charge is 2.20. The molecule has 1 aliphatic heterocycles. The third-order valence-corrected chi connectivity index (χ3v) is 6.76. The van der Waals surface area contributed by atoms with Gasteiger partial charge in [-0.3, -0.25) is 9.97 Å². The molecule has 0 radical (unpaired) electrons. The van der Waals surface area contributed by atoms with Crippen molar-refractivity contribution in [2.75, 3.05) is 23.7 Å². The third-order valence-electron chi connectivity index (χ3n) is 6.13. The van der Waals surface area contributed by atoms with E-state index >= 15 is 0 Å². The summed E-state index contributed by atoms with van der Waals surface area (Å²) in [5, 5.41) is 0.990. The Bertz CT molecular complexity index is 1410. The smallest absolute Gasteiger partial charge is 0.144 e. The molecule has 34 heavy (non-hydrogen) atoms. The van der Waals surface area contributed by atoms with Crippen molar-refractivity contribution >= 4 is 33.0 Å². The zero-order chi connectivity index (χ0) is 23.7. The van der Waals surface area contributed by atoms with Gasteiger partial charge in [0.15, 0.2) is 0 Å². The number of piperidine rings is 1. The van der Waals surface area contributed by atoms with Gasteiger partial charge in [-0.15, -0.1) is 0 Å². The monoisotopic (exact) mass is 474 g/mol. The van der Waals surface area contributed by atoms with Crippen molar-refractivity contribution < 1.29 is 8.42 Å². The van der Waals surface area contributed by atoms with Crippen LogP contribution in [0.15, 0.2) is 60.9 Å². The molecule has 4 N–H and O–H groups in total. The van der Waals surface area contributed by atoms with Crippen LogP contribution in [0, 0.1) is 0 Å². The van der Waals surface area contributed by atoms with Crippen LogP contribution >= 0.6 is 0 Å². The molecule has 3 aromatic heterocycles. The molecule has 0 aliphatic carbocycles. The number of benzene rings is 1. The van der Waals surface area contributed by atoms with E-state index in [2.05, 4.69) is 14.9 Å². The predicted molar refractivity (Wildman–Crippen MR) is 136 cm³/mol. The molecule has 0 unspecified atom stereocenters. The summed E-state index contributed by atoms with van der Waals surface area (Å²) in [6.45, 7) is 1.76. The first kappa shape index (κ1) is 22.2. The SMILES string of the molecule is Nc1ccc(-c2ccc(C[SH](=O)=O)cc2)nc1-c1cc2c(N3CCC[C@H](N)C3)ccnc2cn1. The molecule has 1 aliphatic rings. The lowest BCUT2D eigenvalue weighted by atomic mass is 10.0. The van der Waals surface area contributed by atoms with Crippen LogP contribution in [0.4, 0.5) is 11.4 Å². The Morgan fingerprint density at radius 3 is 2.62 bits per heavy atom. The number of thiol groups is 1. The fraction of sp³-hybridized carbons (Fsp3) is 0.240. The van der Waals surface area contributed by atoms with Gasteiger partial charge in [-0.25, -0.2) is 13.4 Å². The van der Waals surface area contributed by atoms with Crippen molar-refractivity contribution in [2.45, 2.75) is 24.6 Å². The number of anilines is 2. The van der Waals surface area contributed by atoms with E-state index in [-0.39, 0.29) is 11.8 Å². The van der Waals surface area contributed by atoms with E-state index < -0.39 is 10.7 Å². The molecule has 5 rings (SSSR count). The first-order valence-electron chi connectivity index (χ1n) is 11.2. The van der Waals surface area contributed by atoms with E-state index in [1.807, 2.05) is 36.4 Å². The summed E-state index contributed by atoms with van der Waals surface area (Å²) < 4.78 is 22.0. The number of nitrogens with two attached hydrogens (primary N) is 2. The van der Waals surface area contributed by atoms with Gasteiger partial charge in [-0.05, 0) is 42.7 Å². The van der Waals surface area contributed by atoms with Crippen LogP contribution < -0.4 is 16.4 Å². The highest BCUT2D eigenvalue weighted by atomic mass is 32.2. The topological polar surface area (TPSA) is 128 Å². The van der Waals surface area contributed by atoms with Gasteiger partial charge in [0.2, 0.25) is 0 Å². The molecular formula is C25H26N6O2S. The Labute approximate surface area is 199 Å². The second-order valence-corrected chi connectivity index (χ2v) is 9.57. The lowest BCUT2D eigenvalue weighted by Gasteiger charge is -2.33. The van der Waals surface area contributed by atoms with Crippen LogP contribution in [-0.4, -0.2) is 42.5 Å². The first-order chi connectivity index (χ1) is 16.5. The largest absolute Gasteiger partial charge is 0.397 e. The van der Waals surface area contributed by atoms with Crippen molar-refractivity contribution in [1.82, 2.24) is 15.0 Å². The highest BCUT2D eigenvalue weighted by Crippen LogP contribution is 2.32. The molecule has 0 bridgehead atoms. The van der Waals surface area contributed by atoms with Gasteiger partial charge < -0.3 is 16.4 Å². The van der Waals surface area contributed by atoms with E-state index in [4.69, 9.17) is 16.5 Å². The number of rotatable bonds is 5. The van der Waals surface area contributed by atoms with Crippen molar-refractivity contribution in [3.05, 3.63) is 66.5 Å². The molecule has 9 heteroatoms. The van der Waals surface area contributed by atoms with Gasteiger partial charge in [-0.2, -0.15) is 0 Å². The maximum Gasteiger partial charge on any atom is 0.144 e. The van der Waals surface area contributed by atoms with E-state index in [9.17, 15) is 8.42 Å². The van der Waals surface area contributed by atoms with Gasteiger partial charge >= 0.3 is 0 Å². The van der Waals surface area contributed by atoms with Crippen molar-refractivity contribution in [1.29, 1.82) is 0 Å².